The van der Waals surface area contributed by atoms with Crippen LogP contribution in [0.2, 0.25) is 0 Å². The van der Waals surface area contributed by atoms with Crippen LogP contribution >= 0.6 is 0 Å². The third kappa shape index (κ3) is 3.12. The molecule has 1 aliphatic rings. The molecule has 0 aliphatic heterocycles. The predicted molar refractivity (Wildman–Crippen MR) is 85.4 cm³/mol. The Hall–Kier alpha value is -2.33. The van der Waals surface area contributed by atoms with E-state index in [4.69, 9.17) is 0 Å². The van der Waals surface area contributed by atoms with Crippen LogP contribution in [0.15, 0.2) is 54.6 Å². The maximum atomic E-state index is 12.2. The molecule has 0 fully saturated rings. The highest BCUT2D eigenvalue weighted by atomic mass is 16.3. The minimum atomic E-state index is -0.391. The van der Waals surface area contributed by atoms with Gasteiger partial charge in [0, 0.05) is 0 Å². The molecule has 4 nitrogen and oxygen atoms in total. The van der Waals surface area contributed by atoms with Gasteiger partial charge in [-0.25, -0.2) is 4.79 Å². The lowest BCUT2D eigenvalue weighted by molar-refractivity contribution is 0.214. The summed E-state index contributed by atoms with van der Waals surface area (Å²) in [6, 6.07) is 17.1. The largest absolute Gasteiger partial charge is 0.394 e. The van der Waals surface area contributed by atoms with E-state index in [0.717, 1.165) is 18.4 Å². The van der Waals surface area contributed by atoms with Crippen molar-refractivity contribution in [1.29, 1.82) is 0 Å². The number of hydrogen-bond acceptors (Lipinski definition) is 2. The van der Waals surface area contributed by atoms with E-state index in [1.54, 1.807) is 0 Å². The third-order valence-corrected chi connectivity index (χ3v) is 4.13. The average Bonchev–Trinajstić information content (AvgIpc) is 2.96. The zero-order valence-corrected chi connectivity index (χ0v) is 12.3. The van der Waals surface area contributed by atoms with Gasteiger partial charge in [-0.15, -0.1) is 0 Å². The van der Waals surface area contributed by atoms with Crippen molar-refractivity contribution < 1.29 is 9.90 Å². The number of aryl methyl sites for hydroxylation is 1. The van der Waals surface area contributed by atoms with Gasteiger partial charge in [-0.2, -0.15) is 0 Å². The van der Waals surface area contributed by atoms with Crippen molar-refractivity contribution in [2.75, 3.05) is 6.61 Å². The van der Waals surface area contributed by atoms with E-state index in [9.17, 15) is 9.90 Å². The average molecular weight is 296 g/mol. The number of hydrogen-bond donors (Lipinski definition) is 3. The summed E-state index contributed by atoms with van der Waals surface area (Å²) in [6.07, 6.45) is 1.91. The Bertz CT molecular complexity index is 637. The van der Waals surface area contributed by atoms with Crippen molar-refractivity contribution in [3.63, 3.8) is 0 Å². The first kappa shape index (κ1) is 14.6. The molecule has 2 atom stereocenters. The number of benzene rings is 2. The summed E-state index contributed by atoms with van der Waals surface area (Å²) in [6.45, 7) is -0.126. The Balaban J connectivity index is 1.63. The lowest BCUT2D eigenvalue weighted by atomic mass is 10.1. The molecule has 2 amide bonds. The molecular formula is C18H20N2O2. The first-order chi connectivity index (χ1) is 10.8. The second-order valence-electron chi connectivity index (χ2n) is 5.55. The van der Waals surface area contributed by atoms with Gasteiger partial charge in [0.15, 0.2) is 0 Å². The second-order valence-corrected chi connectivity index (χ2v) is 5.55. The van der Waals surface area contributed by atoms with Gasteiger partial charge < -0.3 is 15.7 Å². The molecule has 2 aromatic rings. The van der Waals surface area contributed by atoms with E-state index in [2.05, 4.69) is 22.8 Å². The van der Waals surface area contributed by atoms with Crippen LogP contribution in [0.4, 0.5) is 4.79 Å². The van der Waals surface area contributed by atoms with Gasteiger partial charge in [-0.1, -0.05) is 54.6 Å². The number of rotatable bonds is 4. The molecule has 0 saturated heterocycles. The number of urea groups is 1. The molecule has 0 radical (unpaired) electrons. The van der Waals surface area contributed by atoms with E-state index in [1.807, 2.05) is 42.5 Å². The van der Waals surface area contributed by atoms with Gasteiger partial charge in [0.1, 0.15) is 0 Å². The lowest BCUT2D eigenvalue weighted by Gasteiger charge is -2.20. The summed E-state index contributed by atoms with van der Waals surface area (Å²) in [7, 11) is 0. The molecule has 0 saturated carbocycles. The minimum Gasteiger partial charge on any atom is -0.394 e. The number of fused-ring (bicyclic) bond motifs is 1. The standard InChI is InChI=1S/C18H20N2O2/c21-12-17(14-7-2-1-3-8-14)20-18(22)19-16-11-10-13-6-4-5-9-15(13)16/h1-9,16-17,21H,10-12H2,(H2,19,20,22). The smallest absolute Gasteiger partial charge is 0.315 e. The zero-order valence-electron chi connectivity index (χ0n) is 12.3. The third-order valence-electron chi connectivity index (χ3n) is 4.13. The molecular weight excluding hydrogens is 276 g/mol. The lowest BCUT2D eigenvalue weighted by Crippen LogP contribution is -2.40. The molecule has 0 bridgehead atoms. The summed E-state index contributed by atoms with van der Waals surface area (Å²) >= 11 is 0. The highest BCUT2D eigenvalue weighted by molar-refractivity contribution is 5.75. The predicted octanol–water partition coefficient (Wildman–Crippen LogP) is 2.71. The van der Waals surface area contributed by atoms with Crippen LogP contribution in [0.25, 0.3) is 0 Å². The van der Waals surface area contributed by atoms with E-state index in [1.165, 1.54) is 11.1 Å². The van der Waals surface area contributed by atoms with Crippen LogP contribution in [0.3, 0.4) is 0 Å². The van der Waals surface area contributed by atoms with Crippen LogP contribution in [0.5, 0.6) is 0 Å². The topological polar surface area (TPSA) is 61.4 Å². The number of aliphatic hydroxyl groups excluding tert-OH is 1. The fourth-order valence-corrected chi connectivity index (χ4v) is 2.98. The molecule has 2 aromatic carbocycles. The zero-order chi connectivity index (χ0) is 15.4. The highest BCUT2D eigenvalue weighted by Gasteiger charge is 2.24. The van der Waals surface area contributed by atoms with Crippen LogP contribution < -0.4 is 10.6 Å². The maximum absolute atomic E-state index is 12.2. The Morgan fingerprint density at radius 1 is 1.14 bits per heavy atom. The molecule has 114 valence electrons. The van der Waals surface area contributed by atoms with Gasteiger partial charge in [0.25, 0.3) is 0 Å². The highest BCUT2D eigenvalue weighted by Crippen LogP contribution is 2.30. The first-order valence-corrected chi connectivity index (χ1v) is 7.58. The normalized spacial score (nSPS) is 17.6. The SMILES string of the molecule is O=C(NC(CO)c1ccccc1)NC1CCc2ccccc21. The first-order valence-electron chi connectivity index (χ1n) is 7.58. The van der Waals surface area contributed by atoms with Gasteiger partial charge in [0.05, 0.1) is 18.7 Å². The van der Waals surface area contributed by atoms with E-state index < -0.39 is 6.04 Å². The summed E-state index contributed by atoms with van der Waals surface area (Å²) in [5.41, 5.74) is 3.39. The molecule has 3 rings (SSSR count). The molecule has 1 aliphatic carbocycles. The number of amides is 2. The molecule has 2 unspecified atom stereocenters. The Morgan fingerprint density at radius 3 is 2.64 bits per heavy atom. The van der Waals surface area contributed by atoms with Crippen molar-refractivity contribution in [2.24, 2.45) is 0 Å². The summed E-state index contributed by atoms with van der Waals surface area (Å²) in [5, 5.41) is 15.4. The number of carbonyl (C=O) groups excluding carboxylic acids is 1. The van der Waals surface area contributed by atoms with Gasteiger partial charge >= 0.3 is 6.03 Å². The summed E-state index contributed by atoms with van der Waals surface area (Å²) < 4.78 is 0. The quantitative estimate of drug-likeness (QED) is 0.812. The molecule has 3 N–H and O–H groups in total. The molecule has 22 heavy (non-hydrogen) atoms. The monoisotopic (exact) mass is 296 g/mol. The number of nitrogens with one attached hydrogen (secondary N) is 2. The van der Waals surface area contributed by atoms with Gasteiger partial charge in [-0.3, -0.25) is 0 Å². The second kappa shape index (κ2) is 6.62. The van der Waals surface area contributed by atoms with E-state index in [0.29, 0.717) is 0 Å². The van der Waals surface area contributed by atoms with Crippen LogP contribution in [0.1, 0.15) is 35.2 Å². The molecule has 0 heterocycles. The van der Waals surface area contributed by atoms with Gasteiger partial charge in [0.2, 0.25) is 0 Å². The fourth-order valence-electron chi connectivity index (χ4n) is 2.98. The van der Waals surface area contributed by atoms with Crippen molar-refractivity contribution in [1.82, 2.24) is 10.6 Å². The Labute approximate surface area is 130 Å². The summed E-state index contributed by atoms with van der Waals surface area (Å²) in [5.74, 6) is 0. The maximum Gasteiger partial charge on any atom is 0.315 e. The Morgan fingerprint density at radius 2 is 1.86 bits per heavy atom. The minimum absolute atomic E-state index is 0.0475. The van der Waals surface area contributed by atoms with Crippen molar-refractivity contribution in [3.8, 4) is 0 Å². The Kier molecular flexibility index (Phi) is 4.39. The van der Waals surface area contributed by atoms with E-state index in [-0.39, 0.29) is 18.7 Å². The molecule has 0 spiro atoms. The van der Waals surface area contributed by atoms with Crippen LogP contribution in [-0.4, -0.2) is 17.7 Å². The summed E-state index contributed by atoms with van der Waals surface area (Å²) in [4.78, 5) is 12.2. The molecule has 0 aromatic heterocycles. The van der Waals surface area contributed by atoms with E-state index >= 15 is 0 Å². The molecule has 4 heteroatoms. The van der Waals surface area contributed by atoms with Crippen LogP contribution in [-0.2, 0) is 6.42 Å². The van der Waals surface area contributed by atoms with Crippen LogP contribution in [0, 0.1) is 0 Å². The van der Waals surface area contributed by atoms with Crippen molar-refractivity contribution in [3.05, 3.63) is 71.3 Å². The fraction of sp³-hybridized carbons (Fsp3) is 0.278. The number of aliphatic hydroxyl groups is 1. The van der Waals surface area contributed by atoms with Crippen molar-refractivity contribution in [2.45, 2.75) is 24.9 Å². The van der Waals surface area contributed by atoms with Gasteiger partial charge in [-0.05, 0) is 29.5 Å². The number of carbonyl (C=O) groups is 1. The van der Waals surface area contributed by atoms with Crippen molar-refractivity contribution >= 4 is 6.03 Å².